The van der Waals surface area contributed by atoms with Crippen molar-refractivity contribution in [3.63, 3.8) is 0 Å². The number of aliphatic hydroxyl groups is 1. The summed E-state index contributed by atoms with van der Waals surface area (Å²) < 4.78 is 26.0. The van der Waals surface area contributed by atoms with E-state index in [0.29, 0.717) is 18.2 Å². The highest BCUT2D eigenvalue weighted by atomic mass is 19.2. The standard InChI is InChI=1S/C15H22F2N2O/c1-11(2)19-7-5-18(6-8-19)10-15(20)12-3-4-13(16)14(17)9-12/h3-4,9,11,15,20H,5-8,10H2,1-2H3. The minimum atomic E-state index is -0.911. The van der Waals surface area contributed by atoms with E-state index < -0.39 is 17.7 Å². The van der Waals surface area contributed by atoms with Gasteiger partial charge in [0.05, 0.1) is 6.10 Å². The molecule has 2 rings (SSSR count). The lowest BCUT2D eigenvalue weighted by Gasteiger charge is -2.37. The van der Waals surface area contributed by atoms with E-state index in [1.807, 2.05) is 0 Å². The van der Waals surface area contributed by atoms with Crippen LogP contribution >= 0.6 is 0 Å². The Morgan fingerprint density at radius 2 is 1.75 bits per heavy atom. The first-order chi connectivity index (χ1) is 9.47. The van der Waals surface area contributed by atoms with Crippen LogP contribution in [0.4, 0.5) is 8.78 Å². The number of piperazine rings is 1. The van der Waals surface area contributed by atoms with Gasteiger partial charge in [-0.15, -0.1) is 0 Å². The summed E-state index contributed by atoms with van der Waals surface area (Å²) in [6.07, 6.45) is -0.782. The van der Waals surface area contributed by atoms with Crippen LogP contribution in [0, 0.1) is 11.6 Å². The van der Waals surface area contributed by atoms with Gasteiger partial charge < -0.3 is 5.11 Å². The van der Waals surface area contributed by atoms with Crippen LogP contribution in [0.1, 0.15) is 25.5 Å². The van der Waals surface area contributed by atoms with Crippen molar-refractivity contribution in [3.05, 3.63) is 35.4 Å². The summed E-state index contributed by atoms with van der Waals surface area (Å²) in [7, 11) is 0. The number of rotatable bonds is 4. The molecule has 1 N–H and O–H groups in total. The van der Waals surface area contributed by atoms with E-state index in [4.69, 9.17) is 0 Å². The normalized spacial score (nSPS) is 19.5. The maximum atomic E-state index is 13.2. The number of hydrogen-bond donors (Lipinski definition) is 1. The van der Waals surface area contributed by atoms with Crippen molar-refractivity contribution in [2.24, 2.45) is 0 Å². The summed E-state index contributed by atoms with van der Waals surface area (Å²) in [5, 5.41) is 10.1. The summed E-state index contributed by atoms with van der Waals surface area (Å²) in [6.45, 7) is 8.52. The van der Waals surface area contributed by atoms with Gasteiger partial charge in [0.15, 0.2) is 11.6 Å². The molecule has 1 aliphatic rings. The van der Waals surface area contributed by atoms with Crippen LogP contribution in [0.3, 0.4) is 0 Å². The molecule has 0 aliphatic carbocycles. The molecule has 3 nitrogen and oxygen atoms in total. The van der Waals surface area contributed by atoms with Gasteiger partial charge in [-0.05, 0) is 31.5 Å². The Balaban J connectivity index is 1.89. The van der Waals surface area contributed by atoms with Crippen molar-refractivity contribution in [2.45, 2.75) is 26.0 Å². The fraction of sp³-hybridized carbons (Fsp3) is 0.600. The van der Waals surface area contributed by atoms with Gasteiger partial charge in [0.1, 0.15) is 0 Å². The monoisotopic (exact) mass is 284 g/mol. The fourth-order valence-corrected chi connectivity index (χ4v) is 2.53. The van der Waals surface area contributed by atoms with Crippen molar-refractivity contribution in [3.8, 4) is 0 Å². The molecule has 1 heterocycles. The minimum Gasteiger partial charge on any atom is -0.387 e. The average Bonchev–Trinajstić information content (AvgIpc) is 2.42. The van der Waals surface area contributed by atoms with Gasteiger partial charge in [0.2, 0.25) is 0 Å². The topological polar surface area (TPSA) is 26.7 Å². The number of aliphatic hydroxyl groups excluding tert-OH is 1. The molecule has 0 spiro atoms. The second-order valence-corrected chi connectivity index (χ2v) is 5.62. The molecule has 0 radical (unpaired) electrons. The van der Waals surface area contributed by atoms with Crippen molar-refractivity contribution >= 4 is 0 Å². The van der Waals surface area contributed by atoms with E-state index in [1.165, 1.54) is 6.07 Å². The first-order valence-electron chi connectivity index (χ1n) is 7.07. The van der Waals surface area contributed by atoms with Gasteiger partial charge in [-0.3, -0.25) is 9.80 Å². The number of benzene rings is 1. The highest BCUT2D eigenvalue weighted by Crippen LogP contribution is 2.18. The first kappa shape index (κ1) is 15.4. The van der Waals surface area contributed by atoms with Gasteiger partial charge in [-0.1, -0.05) is 6.07 Å². The van der Waals surface area contributed by atoms with Gasteiger partial charge in [-0.25, -0.2) is 8.78 Å². The van der Waals surface area contributed by atoms with Crippen LogP contribution in [0.2, 0.25) is 0 Å². The van der Waals surface area contributed by atoms with E-state index in [-0.39, 0.29) is 0 Å². The average molecular weight is 284 g/mol. The molecule has 1 fully saturated rings. The third-order valence-electron chi connectivity index (χ3n) is 3.90. The first-order valence-corrected chi connectivity index (χ1v) is 7.07. The second-order valence-electron chi connectivity index (χ2n) is 5.62. The number of β-amino-alcohol motifs (C(OH)–C–C–N with tert-alkyl or cyclic N) is 1. The Labute approximate surface area is 118 Å². The zero-order valence-corrected chi connectivity index (χ0v) is 12.0. The molecule has 0 bridgehead atoms. The quantitative estimate of drug-likeness (QED) is 0.916. The summed E-state index contributed by atoms with van der Waals surface area (Å²) in [6, 6.07) is 4.11. The zero-order chi connectivity index (χ0) is 14.7. The van der Waals surface area contributed by atoms with E-state index in [9.17, 15) is 13.9 Å². The molecule has 112 valence electrons. The van der Waals surface area contributed by atoms with Crippen LogP contribution in [-0.2, 0) is 0 Å². The smallest absolute Gasteiger partial charge is 0.159 e. The summed E-state index contributed by atoms with van der Waals surface area (Å²) in [5.41, 5.74) is 0.426. The SMILES string of the molecule is CC(C)N1CCN(CC(O)c2ccc(F)c(F)c2)CC1. The van der Waals surface area contributed by atoms with E-state index in [1.54, 1.807) is 0 Å². The molecule has 5 heteroatoms. The van der Waals surface area contributed by atoms with Gasteiger partial charge in [0, 0.05) is 38.8 Å². The van der Waals surface area contributed by atoms with Crippen LogP contribution in [0.5, 0.6) is 0 Å². The van der Waals surface area contributed by atoms with Gasteiger partial charge in [-0.2, -0.15) is 0 Å². The molecule has 1 aromatic rings. The van der Waals surface area contributed by atoms with Crippen LogP contribution in [-0.4, -0.2) is 53.7 Å². The molecule has 1 atom stereocenters. The maximum absolute atomic E-state index is 13.2. The molecule has 0 aromatic heterocycles. The zero-order valence-electron chi connectivity index (χ0n) is 12.0. The molecule has 1 unspecified atom stereocenters. The fourth-order valence-electron chi connectivity index (χ4n) is 2.53. The summed E-state index contributed by atoms with van der Waals surface area (Å²) >= 11 is 0. The third kappa shape index (κ3) is 3.75. The van der Waals surface area contributed by atoms with Crippen LogP contribution < -0.4 is 0 Å². The maximum Gasteiger partial charge on any atom is 0.159 e. The van der Waals surface area contributed by atoms with E-state index >= 15 is 0 Å². The Kier molecular flexibility index (Phi) is 5.07. The Hall–Kier alpha value is -1.04. The Morgan fingerprint density at radius 3 is 2.30 bits per heavy atom. The molecular weight excluding hydrogens is 262 g/mol. The summed E-state index contributed by atoms with van der Waals surface area (Å²) in [4.78, 5) is 4.55. The third-order valence-corrected chi connectivity index (χ3v) is 3.90. The van der Waals surface area contributed by atoms with Crippen molar-refractivity contribution in [1.82, 2.24) is 9.80 Å². The highest BCUT2D eigenvalue weighted by Gasteiger charge is 2.21. The van der Waals surface area contributed by atoms with Crippen LogP contribution in [0.15, 0.2) is 18.2 Å². The lowest BCUT2D eigenvalue weighted by Crippen LogP contribution is -2.49. The largest absolute Gasteiger partial charge is 0.387 e. The van der Waals surface area contributed by atoms with Crippen LogP contribution in [0.25, 0.3) is 0 Å². The Morgan fingerprint density at radius 1 is 1.10 bits per heavy atom. The predicted octanol–water partition coefficient (Wildman–Crippen LogP) is 2.02. The summed E-state index contributed by atoms with van der Waals surface area (Å²) in [5.74, 6) is -1.79. The lowest BCUT2D eigenvalue weighted by atomic mass is 10.1. The molecule has 20 heavy (non-hydrogen) atoms. The van der Waals surface area contributed by atoms with Gasteiger partial charge in [0.25, 0.3) is 0 Å². The number of nitrogens with zero attached hydrogens (tertiary/aromatic N) is 2. The predicted molar refractivity (Wildman–Crippen MR) is 74.5 cm³/mol. The minimum absolute atomic E-state index is 0.426. The van der Waals surface area contributed by atoms with Crippen molar-refractivity contribution in [2.75, 3.05) is 32.7 Å². The molecule has 1 aromatic carbocycles. The van der Waals surface area contributed by atoms with Crippen molar-refractivity contribution < 1.29 is 13.9 Å². The van der Waals surface area contributed by atoms with E-state index in [2.05, 4.69) is 23.6 Å². The second kappa shape index (κ2) is 6.61. The molecule has 1 aliphatic heterocycles. The van der Waals surface area contributed by atoms with Gasteiger partial charge >= 0.3 is 0 Å². The molecule has 0 amide bonds. The number of halogens is 2. The number of hydrogen-bond acceptors (Lipinski definition) is 3. The highest BCUT2D eigenvalue weighted by molar-refractivity contribution is 5.20. The molecule has 0 saturated carbocycles. The lowest BCUT2D eigenvalue weighted by molar-refractivity contribution is 0.0619. The molecular formula is C15H22F2N2O. The Bertz CT molecular complexity index is 445. The molecule has 1 saturated heterocycles. The van der Waals surface area contributed by atoms with E-state index in [0.717, 1.165) is 38.3 Å². The van der Waals surface area contributed by atoms with Crippen molar-refractivity contribution in [1.29, 1.82) is 0 Å².